The number of benzene rings is 1. The lowest BCUT2D eigenvalue weighted by atomic mass is 10.1. The number of guanidine groups is 1. The highest BCUT2D eigenvalue weighted by atomic mass is 79.9. The van der Waals surface area contributed by atoms with Crippen molar-refractivity contribution >= 4 is 21.9 Å². The SMILES string of the molecule is CCNC(=NCc1ccc(Br)cc1F)N1CCC(CN2CCOCC2)C1. The summed E-state index contributed by atoms with van der Waals surface area (Å²) in [5, 5.41) is 3.36. The van der Waals surface area contributed by atoms with E-state index in [2.05, 4.69) is 43.0 Å². The Morgan fingerprint density at radius 1 is 1.35 bits per heavy atom. The molecule has 1 atom stereocenters. The number of morpholine rings is 1. The second kappa shape index (κ2) is 9.67. The molecule has 144 valence electrons. The highest BCUT2D eigenvalue weighted by molar-refractivity contribution is 9.10. The van der Waals surface area contributed by atoms with Crippen LogP contribution in [0, 0.1) is 11.7 Å². The summed E-state index contributed by atoms with van der Waals surface area (Å²) < 4.78 is 20.2. The molecule has 0 amide bonds. The van der Waals surface area contributed by atoms with Crippen LogP contribution < -0.4 is 5.32 Å². The maximum Gasteiger partial charge on any atom is 0.194 e. The second-order valence-electron chi connectivity index (χ2n) is 6.92. The minimum Gasteiger partial charge on any atom is -0.379 e. The smallest absolute Gasteiger partial charge is 0.194 e. The zero-order chi connectivity index (χ0) is 18.4. The van der Waals surface area contributed by atoms with Gasteiger partial charge in [-0.3, -0.25) is 4.90 Å². The predicted octanol–water partition coefficient (Wildman–Crippen LogP) is 2.71. The van der Waals surface area contributed by atoms with E-state index in [9.17, 15) is 4.39 Å². The van der Waals surface area contributed by atoms with E-state index in [0.29, 0.717) is 18.0 Å². The number of hydrogen-bond donors (Lipinski definition) is 1. The summed E-state index contributed by atoms with van der Waals surface area (Å²) in [6.45, 7) is 10.1. The topological polar surface area (TPSA) is 40.1 Å². The fourth-order valence-electron chi connectivity index (χ4n) is 3.56. The first-order valence-corrected chi connectivity index (χ1v) is 10.2. The summed E-state index contributed by atoms with van der Waals surface area (Å²) >= 11 is 3.29. The zero-order valence-electron chi connectivity index (χ0n) is 15.4. The Morgan fingerprint density at radius 3 is 2.88 bits per heavy atom. The van der Waals surface area contributed by atoms with Crippen LogP contribution in [0.5, 0.6) is 0 Å². The van der Waals surface area contributed by atoms with Crippen LogP contribution in [0.15, 0.2) is 27.7 Å². The molecule has 5 nitrogen and oxygen atoms in total. The molecule has 2 heterocycles. The van der Waals surface area contributed by atoms with Gasteiger partial charge in [0, 0.05) is 49.3 Å². The van der Waals surface area contributed by atoms with Gasteiger partial charge in [0.15, 0.2) is 5.96 Å². The van der Waals surface area contributed by atoms with Gasteiger partial charge in [0.1, 0.15) is 5.82 Å². The van der Waals surface area contributed by atoms with Crippen LogP contribution in [0.2, 0.25) is 0 Å². The highest BCUT2D eigenvalue weighted by Gasteiger charge is 2.27. The van der Waals surface area contributed by atoms with Crippen LogP contribution in [-0.4, -0.2) is 68.2 Å². The standard InChI is InChI=1S/C19H28BrFN4O/c1-2-22-19(23-12-16-3-4-17(20)11-18(16)21)25-6-5-15(14-25)13-24-7-9-26-10-8-24/h3-4,11,15H,2,5-10,12-14H2,1H3,(H,22,23). The van der Waals surface area contributed by atoms with Crippen LogP contribution in [0.4, 0.5) is 4.39 Å². The molecule has 1 aromatic rings. The summed E-state index contributed by atoms with van der Waals surface area (Å²) in [5.74, 6) is 1.33. The molecule has 0 aliphatic carbocycles. The van der Waals surface area contributed by atoms with Gasteiger partial charge < -0.3 is 15.0 Å². The molecular formula is C19H28BrFN4O. The average molecular weight is 427 g/mol. The molecule has 1 unspecified atom stereocenters. The van der Waals surface area contributed by atoms with E-state index in [4.69, 9.17) is 4.74 Å². The molecule has 0 radical (unpaired) electrons. The molecule has 1 aromatic carbocycles. The Labute approximate surface area is 163 Å². The number of likely N-dealkylation sites (tertiary alicyclic amines) is 1. The summed E-state index contributed by atoms with van der Waals surface area (Å²) in [6, 6.07) is 5.14. The number of ether oxygens (including phenoxy) is 1. The lowest BCUT2D eigenvalue weighted by Gasteiger charge is -2.29. The molecule has 0 bridgehead atoms. The van der Waals surface area contributed by atoms with Gasteiger partial charge in [0.2, 0.25) is 0 Å². The van der Waals surface area contributed by atoms with E-state index in [1.165, 1.54) is 12.5 Å². The summed E-state index contributed by atoms with van der Waals surface area (Å²) in [4.78, 5) is 9.49. The lowest BCUT2D eigenvalue weighted by Crippen LogP contribution is -2.42. The largest absolute Gasteiger partial charge is 0.379 e. The van der Waals surface area contributed by atoms with Crippen LogP contribution in [0.25, 0.3) is 0 Å². The molecule has 0 spiro atoms. The van der Waals surface area contributed by atoms with Crippen molar-refractivity contribution in [2.75, 3.05) is 52.5 Å². The van der Waals surface area contributed by atoms with Crippen molar-refractivity contribution in [3.8, 4) is 0 Å². The number of nitrogens with one attached hydrogen (secondary N) is 1. The predicted molar refractivity (Wildman–Crippen MR) is 106 cm³/mol. The number of halogens is 2. The maximum atomic E-state index is 14.0. The Morgan fingerprint density at radius 2 is 2.15 bits per heavy atom. The average Bonchev–Trinajstić information content (AvgIpc) is 3.09. The van der Waals surface area contributed by atoms with E-state index in [0.717, 1.165) is 62.9 Å². The van der Waals surface area contributed by atoms with Crippen LogP contribution in [0.3, 0.4) is 0 Å². The Bertz CT molecular complexity index is 622. The molecule has 2 aliphatic heterocycles. The van der Waals surface area contributed by atoms with Crippen molar-refractivity contribution in [2.45, 2.75) is 19.9 Å². The third kappa shape index (κ3) is 5.41. The molecule has 2 fully saturated rings. The monoisotopic (exact) mass is 426 g/mol. The first kappa shape index (κ1) is 19.6. The Balaban J connectivity index is 1.58. The quantitative estimate of drug-likeness (QED) is 0.580. The van der Waals surface area contributed by atoms with E-state index in [1.54, 1.807) is 6.07 Å². The normalized spacial score (nSPS) is 22.0. The van der Waals surface area contributed by atoms with E-state index in [1.807, 2.05) is 6.07 Å². The summed E-state index contributed by atoms with van der Waals surface area (Å²) in [6.07, 6.45) is 1.18. The summed E-state index contributed by atoms with van der Waals surface area (Å²) in [7, 11) is 0. The Kier molecular flexibility index (Phi) is 7.28. The fourth-order valence-corrected chi connectivity index (χ4v) is 3.89. The molecule has 0 saturated carbocycles. The van der Waals surface area contributed by atoms with Crippen molar-refractivity contribution < 1.29 is 9.13 Å². The van der Waals surface area contributed by atoms with E-state index < -0.39 is 0 Å². The molecule has 7 heteroatoms. The van der Waals surface area contributed by atoms with Gasteiger partial charge in [-0.15, -0.1) is 0 Å². The van der Waals surface area contributed by atoms with Crippen LogP contribution in [-0.2, 0) is 11.3 Å². The molecule has 2 aliphatic rings. The minimum atomic E-state index is -0.217. The van der Waals surface area contributed by atoms with Gasteiger partial charge in [-0.2, -0.15) is 0 Å². The molecule has 2 saturated heterocycles. The molecule has 26 heavy (non-hydrogen) atoms. The minimum absolute atomic E-state index is 0.217. The van der Waals surface area contributed by atoms with Gasteiger partial charge >= 0.3 is 0 Å². The van der Waals surface area contributed by atoms with Gasteiger partial charge in [0.25, 0.3) is 0 Å². The number of aliphatic imine (C=N–C) groups is 1. The lowest BCUT2D eigenvalue weighted by molar-refractivity contribution is 0.0315. The van der Waals surface area contributed by atoms with Crippen LogP contribution in [0.1, 0.15) is 18.9 Å². The van der Waals surface area contributed by atoms with Crippen molar-refractivity contribution in [1.82, 2.24) is 15.1 Å². The molecule has 1 N–H and O–H groups in total. The van der Waals surface area contributed by atoms with E-state index in [-0.39, 0.29) is 5.82 Å². The third-order valence-electron chi connectivity index (χ3n) is 4.95. The zero-order valence-corrected chi connectivity index (χ0v) is 17.0. The van der Waals surface area contributed by atoms with Gasteiger partial charge in [-0.05, 0) is 31.4 Å². The molecule has 0 aromatic heterocycles. The number of hydrogen-bond acceptors (Lipinski definition) is 3. The van der Waals surface area contributed by atoms with Crippen molar-refractivity contribution in [3.63, 3.8) is 0 Å². The highest BCUT2D eigenvalue weighted by Crippen LogP contribution is 2.19. The maximum absolute atomic E-state index is 14.0. The van der Waals surface area contributed by atoms with Crippen LogP contribution >= 0.6 is 15.9 Å². The van der Waals surface area contributed by atoms with Crippen molar-refractivity contribution in [3.05, 3.63) is 34.1 Å². The van der Waals surface area contributed by atoms with Crippen molar-refractivity contribution in [2.24, 2.45) is 10.9 Å². The molecular weight excluding hydrogens is 399 g/mol. The first-order valence-electron chi connectivity index (χ1n) is 9.43. The first-order chi connectivity index (χ1) is 12.7. The molecule has 3 rings (SSSR count). The van der Waals surface area contributed by atoms with Crippen molar-refractivity contribution in [1.29, 1.82) is 0 Å². The number of nitrogens with zero attached hydrogens (tertiary/aromatic N) is 3. The second-order valence-corrected chi connectivity index (χ2v) is 7.84. The Hall–Kier alpha value is -1.18. The summed E-state index contributed by atoms with van der Waals surface area (Å²) in [5.41, 5.74) is 0.618. The van der Waals surface area contributed by atoms with Gasteiger partial charge in [-0.1, -0.05) is 22.0 Å². The van der Waals surface area contributed by atoms with E-state index >= 15 is 0 Å². The number of rotatable bonds is 5. The fraction of sp³-hybridized carbons (Fsp3) is 0.632. The van der Waals surface area contributed by atoms with Gasteiger partial charge in [-0.25, -0.2) is 9.38 Å². The van der Waals surface area contributed by atoms with Gasteiger partial charge in [0.05, 0.1) is 19.8 Å². The third-order valence-corrected chi connectivity index (χ3v) is 5.45.